The first-order valence-corrected chi connectivity index (χ1v) is 9.10. The molecule has 0 saturated heterocycles. The molecule has 0 radical (unpaired) electrons. The summed E-state index contributed by atoms with van der Waals surface area (Å²) in [5, 5.41) is 0.415. The Bertz CT molecular complexity index is 999. The van der Waals surface area contributed by atoms with Crippen molar-refractivity contribution in [2.24, 2.45) is 5.73 Å². The van der Waals surface area contributed by atoms with Crippen LogP contribution in [0, 0.1) is 0 Å². The predicted molar refractivity (Wildman–Crippen MR) is 103 cm³/mol. The van der Waals surface area contributed by atoms with Crippen LogP contribution in [0.15, 0.2) is 58.5 Å². The van der Waals surface area contributed by atoms with Gasteiger partial charge in [0.15, 0.2) is 5.16 Å². The summed E-state index contributed by atoms with van der Waals surface area (Å²) in [4.78, 5) is 29.1. The predicted octanol–water partition coefficient (Wildman–Crippen LogP) is 2.75. The summed E-state index contributed by atoms with van der Waals surface area (Å²) in [6.45, 7) is 4.16. The number of hydrogen-bond acceptors (Lipinski definition) is 5. The highest BCUT2D eigenvalue weighted by atomic mass is 32.2. The third kappa shape index (κ3) is 3.57. The summed E-state index contributed by atoms with van der Waals surface area (Å²) in [6, 6.07) is 14.3. The molecule has 1 aromatic heterocycles. The van der Waals surface area contributed by atoms with Gasteiger partial charge in [0, 0.05) is 0 Å². The number of rotatable bonds is 6. The van der Waals surface area contributed by atoms with E-state index in [0.717, 1.165) is 17.5 Å². The highest BCUT2D eigenvalue weighted by Crippen LogP contribution is 2.25. The Hall–Kier alpha value is -2.80. The molecule has 2 N–H and O–H groups in total. The molecule has 3 rings (SSSR count). The third-order valence-electron chi connectivity index (χ3n) is 3.83. The van der Waals surface area contributed by atoms with E-state index in [9.17, 15) is 9.59 Å². The summed E-state index contributed by atoms with van der Waals surface area (Å²) in [6.07, 6.45) is 0. The fourth-order valence-electron chi connectivity index (χ4n) is 2.49. The highest BCUT2D eigenvalue weighted by molar-refractivity contribution is 8.00. The number of nitrogens with zero attached hydrogens (tertiary/aromatic N) is 2. The lowest BCUT2D eigenvalue weighted by Crippen LogP contribution is -2.26. The summed E-state index contributed by atoms with van der Waals surface area (Å²) < 4.78 is 6.96. The molecule has 0 saturated carbocycles. The lowest BCUT2D eigenvalue weighted by atomic mass is 10.2. The van der Waals surface area contributed by atoms with Crippen molar-refractivity contribution in [2.45, 2.75) is 24.3 Å². The van der Waals surface area contributed by atoms with Gasteiger partial charge in [0.1, 0.15) is 5.75 Å². The molecule has 2 aromatic carbocycles. The number of benzene rings is 2. The smallest absolute Gasteiger partial charge is 0.266 e. The molecule has 1 amide bonds. The molecule has 0 fully saturated rings. The third-order valence-corrected chi connectivity index (χ3v) is 4.90. The molecule has 0 aliphatic rings. The van der Waals surface area contributed by atoms with E-state index < -0.39 is 11.2 Å². The van der Waals surface area contributed by atoms with Gasteiger partial charge in [-0.15, -0.1) is 0 Å². The van der Waals surface area contributed by atoms with E-state index in [1.807, 2.05) is 13.0 Å². The second-order valence-electron chi connectivity index (χ2n) is 5.64. The van der Waals surface area contributed by atoms with E-state index in [1.54, 1.807) is 49.4 Å². The number of nitrogens with two attached hydrogens (primary N) is 1. The van der Waals surface area contributed by atoms with E-state index >= 15 is 0 Å². The molecule has 6 nitrogen and oxygen atoms in total. The maximum absolute atomic E-state index is 13.1. The number of fused-ring (bicyclic) bond motifs is 1. The van der Waals surface area contributed by atoms with E-state index in [-0.39, 0.29) is 5.56 Å². The summed E-state index contributed by atoms with van der Waals surface area (Å²) in [5.74, 6) is 0.258. The molecule has 26 heavy (non-hydrogen) atoms. The average molecular weight is 369 g/mol. The quantitative estimate of drug-likeness (QED) is 0.533. The average Bonchev–Trinajstić information content (AvgIpc) is 2.63. The molecule has 0 aliphatic carbocycles. The zero-order valence-corrected chi connectivity index (χ0v) is 15.3. The molecule has 134 valence electrons. The number of amides is 1. The van der Waals surface area contributed by atoms with Crippen LogP contribution >= 0.6 is 11.8 Å². The minimum Gasteiger partial charge on any atom is -0.494 e. The zero-order valence-electron chi connectivity index (χ0n) is 14.5. The first-order chi connectivity index (χ1) is 12.5. The topological polar surface area (TPSA) is 87.2 Å². The van der Waals surface area contributed by atoms with Crippen molar-refractivity contribution in [3.8, 4) is 11.4 Å². The number of thioether (sulfide) groups is 1. The number of hydrogen-bond donors (Lipinski definition) is 1. The first-order valence-electron chi connectivity index (χ1n) is 8.22. The second-order valence-corrected chi connectivity index (χ2v) is 6.95. The van der Waals surface area contributed by atoms with Crippen LogP contribution in [0.2, 0.25) is 0 Å². The van der Waals surface area contributed by atoms with Crippen molar-refractivity contribution in [3.05, 3.63) is 58.9 Å². The number of carbonyl (C=O) groups is 1. The monoisotopic (exact) mass is 369 g/mol. The van der Waals surface area contributed by atoms with Crippen LogP contribution < -0.4 is 16.0 Å². The van der Waals surface area contributed by atoms with E-state index in [1.165, 1.54) is 4.57 Å². The fourth-order valence-corrected chi connectivity index (χ4v) is 3.37. The van der Waals surface area contributed by atoms with Gasteiger partial charge in [-0.3, -0.25) is 14.2 Å². The Kier molecular flexibility index (Phi) is 5.27. The molecule has 7 heteroatoms. The molecule has 0 aliphatic heterocycles. The summed E-state index contributed by atoms with van der Waals surface area (Å²) in [5.41, 5.74) is 6.42. The number of para-hydroxylation sites is 1. The molecule has 1 unspecified atom stereocenters. The van der Waals surface area contributed by atoms with Gasteiger partial charge < -0.3 is 10.5 Å². The number of primary amides is 1. The van der Waals surface area contributed by atoms with E-state index in [0.29, 0.717) is 28.4 Å². The Morgan fingerprint density at radius 1 is 1.23 bits per heavy atom. The Labute approximate surface area is 155 Å². The van der Waals surface area contributed by atoms with Gasteiger partial charge in [-0.05, 0) is 50.2 Å². The maximum atomic E-state index is 13.1. The lowest BCUT2D eigenvalue weighted by molar-refractivity contribution is -0.117. The Morgan fingerprint density at radius 3 is 2.58 bits per heavy atom. The van der Waals surface area contributed by atoms with Gasteiger partial charge in [0.2, 0.25) is 5.91 Å². The highest BCUT2D eigenvalue weighted by Gasteiger charge is 2.18. The minimum atomic E-state index is -0.517. The largest absolute Gasteiger partial charge is 0.494 e. The Balaban J connectivity index is 2.18. The lowest BCUT2D eigenvalue weighted by Gasteiger charge is -2.15. The van der Waals surface area contributed by atoms with Crippen LogP contribution in [0.1, 0.15) is 13.8 Å². The van der Waals surface area contributed by atoms with Crippen LogP contribution in [0.25, 0.3) is 16.6 Å². The zero-order chi connectivity index (χ0) is 18.7. The first kappa shape index (κ1) is 18.0. The minimum absolute atomic E-state index is 0.195. The fraction of sp³-hybridized carbons (Fsp3) is 0.211. The number of carbonyl (C=O) groups excluding carboxylic acids is 1. The van der Waals surface area contributed by atoms with Gasteiger partial charge in [-0.25, -0.2) is 4.98 Å². The second kappa shape index (κ2) is 7.61. The molecule has 1 heterocycles. The molecule has 1 atom stereocenters. The van der Waals surface area contributed by atoms with Gasteiger partial charge in [0.25, 0.3) is 5.56 Å². The van der Waals surface area contributed by atoms with Crippen LogP contribution in [-0.2, 0) is 4.79 Å². The van der Waals surface area contributed by atoms with Gasteiger partial charge in [0.05, 0.1) is 28.4 Å². The van der Waals surface area contributed by atoms with E-state index in [4.69, 9.17) is 10.5 Å². The van der Waals surface area contributed by atoms with Crippen LogP contribution in [0.3, 0.4) is 0 Å². The molecule has 0 spiro atoms. The molecular weight excluding hydrogens is 350 g/mol. The maximum Gasteiger partial charge on any atom is 0.266 e. The van der Waals surface area contributed by atoms with Crippen LogP contribution in [0.5, 0.6) is 5.75 Å². The van der Waals surface area contributed by atoms with Crippen LogP contribution in [-0.4, -0.2) is 27.3 Å². The van der Waals surface area contributed by atoms with Gasteiger partial charge >= 0.3 is 0 Å². The molecule has 0 bridgehead atoms. The molecular formula is C19H19N3O3S. The van der Waals surface area contributed by atoms with E-state index in [2.05, 4.69) is 4.98 Å². The Morgan fingerprint density at radius 2 is 1.92 bits per heavy atom. The van der Waals surface area contributed by atoms with Crippen molar-refractivity contribution in [1.82, 2.24) is 9.55 Å². The summed E-state index contributed by atoms with van der Waals surface area (Å²) in [7, 11) is 0. The van der Waals surface area contributed by atoms with Crippen LogP contribution in [0.4, 0.5) is 0 Å². The standard InChI is InChI=1S/C19H19N3O3S/c1-3-25-14-10-8-13(9-11-14)22-18(24)15-6-4-5-7-16(15)21-19(22)26-12(2)17(20)23/h4-12H,3H2,1-2H3,(H2,20,23). The number of ether oxygens (including phenoxy) is 1. The van der Waals surface area contributed by atoms with Crippen molar-refractivity contribution < 1.29 is 9.53 Å². The SMILES string of the molecule is CCOc1ccc(-n2c(SC(C)C(N)=O)nc3ccccc3c2=O)cc1. The van der Waals surface area contributed by atoms with Crippen molar-refractivity contribution in [2.75, 3.05) is 6.61 Å². The number of aromatic nitrogens is 2. The van der Waals surface area contributed by atoms with Gasteiger partial charge in [-0.2, -0.15) is 0 Å². The molecule has 3 aromatic rings. The van der Waals surface area contributed by atoms with Crippen molar-refractivity contribution in [1.29, 1.82) is 0 Å². The van der Waals surface area contributed by atoms with Gasteiger partial charge in [-0.1, -0.05) is 23.9 Å². The van der Waals surface area contributed by atoms with Crippen molar-refractivity contribution >= 4 is 28.6 Å². The summed E-state index contributed by atoms with van der Waals surface area (Å²) >= 11 is 1.16. The van der Waals surface area contributed by atoms with Crippen molar-refractivity contribution in [3.63, 3.8) is 0 Å². The normalized spacial score (nSPS) is 12.1.